The van der Waals surface area contributed by atoms with Gasteiger partial charge in [-0.25, -0.2) is 0 Å². The predicted molar refractivity (Wildman–Crippen MR) is 88.3 cm³/mol. The van der Waals surface area contributed by atoms with Gasteiger partial charge in [-0.15, -0.1) is 0 Å². The smallest absolute Gasteiger partial charge is 0.237 e. The van der Waals surface area contributed by atoms with Crippen molar-refractivity contribution in [3.8, 4) is 0 Å². The van der Waals surface area contributed by atoms with Crippen molar-refractivity contribution in [3.05, 3.63) is 0 Å². The molecule has 1 aliphatic heterocycles. The van der Waals surface area contributed by atoms with Crippen LogP contribution in [0.1, 0.15) is 46.5 Å². The summed E-state index contributed by atoms with van der Waals surface area (Å²) in [6, 6.07) is 0.984. The lowest BCUT2D eigenvalue weighted by Gasteiger charge is -2.36. The van der Waals surface area contributed by atoms with Crippen molar-refractivity contribution in [1.29, 1.82) is 0 Å². The molecule has 0 bridgehead atoms. The zero-order valence-corrected chi connectivity index (χ0v) is 14.5. The van der Waals surface area contributed by atoms with Crippen LogP contribution in [0.4, 0.5) is 0 Å². The number of rotatable bonds is 8. The molecular weight excluding hydrogens is 264 g/mol. The molecule has 1 rings (SSSR count). The van der Waals surface area contributed by atoms with Gasteiger partial charge in [-0.2, -0.15) is 0 Å². The molecule has 3 N–H and O–H groups in total. The van der Waals surface area contributed by atoms with E-state index in [4.69, 9.17) is 5.73 Å². The molecule has 0 aromatic heterocycles. The Morgan fingerprint density at radius 3 is 2.38 bits per heavy atom. The van der Waals surface area contributed by atoms with Gasteiger partial charge in [0.1, 0.15) is 0 Å². The van der Waals surface area contributed by atoms with Crippen molar-refractivity contribution in [2.24, 2.45) is 5.73 Å². The van der Waals surface area contributed by atoms with Crippen LogP contribution in [0.2, 0.25) is 0 Å². The van der Waals surface area contributed by atoms with E-state index in [0.29, 0.717) is 0 Å². The summed E-state index contributed by atoms with van der Waals surface area (Å²) in [6.45, 7) is 9.40. The van der Waals surface area contributed by atoms with Gasteiger partial charge in [0.25, 0.3) is 0 Å². The first-order chi connectivity index (χ1) is 9.74. The Balaban J connectivity index is 2.34. The maximum atomic E-state index is 11.7. The molecule has 124 valence electrons. The second-order valence-electron chi connectivity index (χ2n) is 7.14. The fraction of sp³-hybridized carbons (Fsp3) is 0.938. The van der Waals surface area contributed by atoms with Gasteiger partial charge in [0.15, 0.2) is 0 Å². The van der Waals surface area contributed by atoms with E-state index in [9.17, 15) is 4.79 Å². The molecular formula is C16H34N4O. The van der Waals surface area contributed by atoms with E-state index in [2.05, 4.69) is 29.2 Å². The average Bonchev–Trinajstić information content (AvgIpc) is 2.38. The first-order valence-corrected chi connectivity index (χ1v) is 8.21. The van der Waals surface area contributed by atoms with Crippen LogP contribution in [0.5, 0.6) is 0 Å². The molecule has 0 radical (unpaired) electrons. The zero-order valence-electron chi connectivity index (χ0n) is 14.5. The Bertz CT molecular complexity index is 324. The summed E-state index contributed by atoms with van der Waals surface area (Å²) >= 11 is 0. The second-order valence-corrected chi connectivity index (χ2v) is 7.14. The molecule has 1 saturated heterocycles. The van der Waals surface area contributed by atoms with Gasteiger partial charge in [0.2, 0.25) is 5.91 Å². The van der Waals surface area contributed by atoms with Crippen LogP contribution in [-0.4, -0.2) is 67.1 Å². The largest absolute Gasteiger partial charge is 0.368 e. The van der Waals surface area contributed by atoms with Crippen LogP contribution in [0.25, 0.3) is 0 Å². The number of nitrogens with two attached hydrogens (primary N) is 1. The Kier molecular flexibility index (Phi) is 7.10. The van der Waals surface area contributed by atoms with Crippen LogP contribution in [0, 0.1) is 0 Å². The van der Waals surface area contributed by atoms with E-state index >= 15 is 0 Å². The van der Waals surface area contributed by atoms with Gasteiger partial charge in [-0.05, 0) is 80.2 Å². The quantitative estimate of drug-likeness (QED) is 0.703. The number of carbonyl (C=O) groups excluding carboxylic acids is 1. The number of likely N-dealkylation sites (tertiary alicyclic amines) is 1. The highest BCUT2D eigenvalue weighted by atomic mass is 16.1. The van der Waals surface area contributed by atoms with Crippen molar-refractivity contribution in [2.45, 2.75) is 64.1 Å². The molecule has 1 amide bonds. The maximum Gasteiger partial charge on any atom is 0.237 e. The number of piperidine rings is 1. The number of primary amides is 1. The third-order valence-corrected chi connectivity index (χ3v) is 4.59. The molecule has 0 aliphatic carbocycles. The third kappa shape index (κ3) is 5.93. The fourth-order valence-electron chi connectivity index (χ4n) is 3.22. The first kappa shape index (κ1) is 18.4. The normalized spacial score (nSPS) is 20.9. The summed E-state index contributed by atoms with van der Waals surface area (Å²) in [4.78, 5) is 16.5. The summed E-state index contributed by atoms with van der Waals surface area (Å²) in [5.74, 6) is -0.248. The van der Waals surface area contributed by atoms with Gasteiger partial charge in [0, 0.05) is 12.1 Å². The minimum Gasteiger partial charge on any atom is -0.368 e. The Morgan fingerprint density at radius 1 is 1.38 bits per heavy atom. The third-order valence-electron chi connectivity index (χ3n) is 4.59. The SMILES string of the molecule is CC(C)NC(C)(CCCN1CCC(N(C)C)CC1)C(N)=O. The minimum absolute atomic E-state index is 0.248. The lowest BCUT2D eigenvalue weighted by atomic mass is 9.93. The van der Waals surface area contributed by atoms with Crippen LogP contribution in [0.3, 0.4) is 0 Å². The van der Waals surface area contributed by atoms with Crippen molar-refractivity contribution in [3.63, 3.8) is 0 Å². The van der Waals surface area contributed by atoms with Gasteiger partial charge in [-0.1, -0.05) is 0 Å². The van der Waals surface area contributed by atoms with Crippen molar-refractivity contribution < 1.29 is 4.79 Å². The molecule has 21 heavy (non-hydrogen) atoms. The molecule has 1 aliphatic rings. The standard InChI is InChI=1S/C16H34N4O/c1-13(2)18-16(3,15(17)21)9-6-10-20-11-7-14(8-12-20)19(4)5/h13-14,18H,6-12H2,1-5H3,(H2,17,21). The molecule has 1 fully saturated rings. The van der Waals surface area contributed by atoms with Crippen molar-refractivity contribution in [2.75, 3.05) is 33.7 Å². The van der Waals surface area contributed by atoms with E-state index in [1.165, 1.54) is 12.8 Å². The summed E-state index contributed by atoms with van der Waals surface area (Å²) < 4.78 is 0. The molecule has 1 heterocycles. The highest BCUT2D eigenvalue weighted by Crippen LogP contribution is 2.17. The molecule has 1 unspecified atom stereocenters. The Hall–Kier alpha value is -0.650. The lowest BCUT2D eigenvalue weighted by molar-refractivity contribution is -0.124. The molecule has 5 heteroatoms. The van der Waals surface area contributed by atoms with Gasteiger partial charge in [-0.3, -0.25) is 4.79 Å². The number of nitrogens with one attached hydrogen (secondary N) is 1. The lowest BCUT2D eigenvalue weighted by Crippen LogP contribution is -2.55. The topological polar surface area (TPSA) is 61.6 Å². The van der Waals surface area contributed by atoms with Crippen LogP contribution in [-0.2, 0) is 4.79 Å². The summed E-state index contributed by atoms with van der Waals surface area (Å²) in [6.07, 6.45) is 4.29. The summed E-state index contributed by atoms with van der Waals surface area (Å²) in [7, 11) is 4.33. The Labute approximate surface area is 130 Å². The molecule has 1 atom stereocenters. The number of nitrogens with zero attached hydrogens (tertiary/aromatic N) is 2. The highest BCUT2D eigenvalue weighted by molar-refractivity contribution is 5.84. The van der Waals surface area contributed by atoms with Gasteiger partial charge >= 0.3 is 0 Å². The van der Waals surface area contributed by atoms with Crippen molar-refractivity contribution >= 4 is 5.91 Å². The predicted octanol–water partition coefficient (Wildman–Crippen LogP) is 1.03. The summed E-state index contributed by atoms with van der Waals surface area (Å²) in [5.41, 5.74) is 4.98. The number of amides is 1. The molecule has 0 aromatic carbocycles. The van der Waals surface area contributed by atoms with E-state index in [0.717, 1.165) is 38.5 Å². The van der Waals surface area contributed by atoms with E-state index in [1.807, 2.05) is 20.8 Å². The van der Waals surface area contributed by atoms with E-state index < -0.39 is 5.54 Å². The number of hydrogen-bond donors (Lipinski definition) is 2. The van der Waals surface area contributed by atoms with Gasteiger partial charge in [0.05, 0.1) is 5.54 Å². The fourth-order valence-corrected chi connectivity index (χ4v) is 3.22. The van der Waals surface area contributed by atoms with Gasteiger partial charge < -0.3 is 20.9 Å². The molecule has 5 nitrogen and oxygen atoms in total. The molecule has 0 spiro atoms. The maximum absolute atomic E-state index is 11.7. The highest BCUT2D eigenvalue weighted by Gasteiger charge is 2.31. The molecule has 0 aromatic rings. The number of hydrogen-bond acceptors (Lipinski definition) is 4. The van der Waals surface area contributed by atoms with E-state index in [1.54, 1.807) is 0 Å². The second kappa shape index (κ2) is 8.11. The monoisotopic (exact) mass is 298 g/mol. The Morgan fingerprint density at radius 2 is 1.95 bits per heavy atom. The zero-order chi connectivity index (χ0) is 16.0. The first-order valence-electron chi connectivity index (χ1n) is 8.21. The van der Waals surface area contributed by atoms with E-state index in [-0.39, 0.29) is 11.9 Å². The minimum atomic E-state index is -0.587. The summed E-state index contributed by atoms with van der Waals surface area (Å²) in [5, 5.41) is 3.32. The van der Waals surface area contributed by atoms with Crippen LogP contribution >= 0.6 is 0 Å². The number of carbonyl (C=O) groups is 1. The average molecular weight is 298 g/mol. The van der Waals surface area contributed by atoms with Crippen LogP contribution < -0.4 is 11.1 Å². The van der Waals surface area contributed by atoms with Crippen LogP contribution in [0.15, 0.2) is 0 Å². The molecule has 0 saturated carbocycles. The van der Waals surface area contributed by atoms with Crippen molar-refractivity contribution in [1.82, 2.24) is 15.1 Å².